The number of carbonyl (C=O) groups excluding carboxylic acids is 1. The first-order chi connectivity index (χ1) is 17.7. The van der Waals surface area contributed by atoms with Crippen molar-refractivity contribution in [1.82, 2.24) is 20.2 Å². The average Bonchev–Trinajstić information content (AvgIpc) is 3.32. The number of nitrogens with zero attached hydrogens (tertiary/aromatic N) is 4. The summed E-state index contributed by atoms with van der Waals surface area (Å²) in [5.74, 6) is -1.82. The fraction of sp³-hybridized carbons (Fsp3) is 0.259. The average molecular weight is 533 g/mol. The Bertz CT molecular complexity index is 1240. The van der Waals surface area contributed by atoms with Crippen molar-refractivity contribution in [2.24, 2.45) is 0 Å². The third-order valence-corrected chi connectivity index (χ3v) is 5.38. The number of tetrazole rings is 1. The van der Waals surface area contributed by atoms with E-state index in [1.807, 2.05) is 13.8 Å². The number of hydrogen-bond acceptors (Lipinski definition) is 7. The Balaban J connectivity index is 0.00000507. The fourth-order valence-electron chi connectivity index (χ4n) is 3.68. The Morgan fingerprint density at radius 3 is 2.05 bits per heavy atom. The maximum absolute atomic E-state index is 13.7. The SMILES string of the molecule is CC(C)n1nnnc1C(/C=C/C=C/[C@@H](O)C[C@@H](O)CC(=O)[O-])=C(c1ccc(F)cc1)c1ccc(F)cc1.[Na+]. The number of aliphatic hydroxyl groups is 2. The molecule has 38 heavy (non-hydrogen) atoms. The molecule has 2 aromatic carbocycles. The van der Waals surface area contributed by atoms with Crippen molar-refractivity contribution in [3.63, 3.8) is 0 Å². The van der Waals surface area contributed by atoms with Crippen LogP contribution in [0.1, 0.15) is 49.7 Å². The molecule has 1 heterocycles. The molecular weight excluding hydrogens is 505 g/mol. The van der Waals surface area contributed by atoms with Gasteiger partial charge in [-0.25, -0.2) is 13.5 Å². The number of benzene rings is 2. The molecule has 3 aromatic rings. The van der Waals surface area contributed by atoms with Crippen molar-refractivity contribution in [2.75, 3.05) is 0 Å². The van der Waals surface area contributed by atoms with Gasteiger partial charge >= 0.3 is 29.6 Å². The molecule has 0 aliphatic heterocycles. The van der Waals surface area contributed by atoms with Gasteiger partial charge in [-0.1, -0.05) is 48.6 Å². The van der Waals surface area contributed by atoms with E-state index in [4.69, 9.17) is 0 Å². The molecule has 0 aliphatic rings. The number of aliphatic hydroxyl groups excluding tert-OH is 2. The molecule has 0 saturated carbocycles. The Morgan fingerprint density at radius 2 is 1.55 bits per heavy atom. The fourth-order valence-corrected chi connectivity index (χ4v) is 3.68. The number of carboxylic acids is 1. The van der Waals surface area contributed by atoms with Gasteiger partial charge in [0.15, 0.2) is 5.82 Å². The number of hydrogen-bond donors (Lipinski definition) is 2. The minimum absolute atomic E-state index is 0. The molecule has 1 aromatic heterocycles. The van der Waals surface area contributed by atoms with E-state index in [9.17, 15) is 28.9 Å². The van der Waals surface area contributed by atoms with Crippen LogP contribution in [0.3, 0.4) is 0 Å². The molecular formula is C27H27F2N4NaO4. The summed E-state index contributed by atoms with van der Waals surface area (Å²) in [6.07, 6.45) is 3.15. The van der Waals surface area contributed by atoms with Gasteiger partial charge in [0.25, 0.3) is 0 Å². The van der Waals surface area contributed by atoms with Crippen molar-refractivity contribution in [3.8, 4) is 0 Å². The molecule has 0 amide bonds. The van der Waals surface area contributed by atoms with Crippen LogP contribution in [0.5, 0.6) is 0 Å². The summed E-state index contributed by atoms with van der Waals surface area (Å²) < 4.78 is 29.1. The van der Waals surface area contributed by atoms with Crippen LogP contribution in [0, 0.1) is 11.6 Å². The van der Waals surface area contributed by atoms with E-state index in [0.29, 0.717) is 28.1 Å². The minimum atomic E-state index is -1.41. The molecule has 0 aliphatic carbocycles. The minimum Gasteiger partial charge on any atom is -0.550 e. The standard InChI is InChI=1S/C27H28F2N4O4.Na/c1-17(2)33-27(30-31-32-33)24(6-4-3-5-22(34)15-23(35)16-25(36)37)26(18-7-11-20(28)12-8-18)19-9-13-21(29)14-10-19;/h3-14,17,22-23,34-35H,15-16H2,1-2H3,(H,36,37);/q;+1/p-1/b5-3+,6-4+;/t22-,23-;/m1./s1. The van der Waals surface area contributed by atoms with Gasteiger partial charge in [-0.3, -0.25) is 0 Å². The predicted octanol–water partition coefficient (Wildman–Crippen LogP) is -0.140. The van der Waals surface area contributed by atoms with E-state index in [1.165, 1.54) is 36.4 Å². The second-order valence-corrected chi connectivity index (χ2v) is 8.62. The third-order valence-electron chi connectivity index (χ3n) is 5.38. The second-order valence-electron chi connectivity index (χ2n) is 8.62. The number of carboxylic acid groups (broad SMARTS) is 1. The largest absolute Gasteiger partial charge is 1.00 e. The van der Waals surface area contributed by atoms with Crippen LogP contribution in [0.15, 0.2) is 72.8 Å². The molecule has 0 fully saturated rings. The Hall–Kier alpha value is -3.02. The zero-order valence-corrected chi connectivity index (χ0v) is 23.3. The van der Waals surface area contributed by atoms with Crippen LogP contribution in [0.4, 0.5) is 8.78 Å². The van der Waals surface area contributed by atoms with Crippen molar-refractivity contribution >= 4 is 17.1 Å². The first-order valence-corrected chi connectivity index (χ1v) is 11.6. The van der Waals surface area contributed by atoms with Crippen molar-refractivity contribution in [2.45, 2.75) is 44.9 Å². The van der Waals surface area contributed by atoms with Crippen LogP contribution >= 0.6 is 0 Å². The summed E-state index contributed by atoms with van der Waals surface area (Å²) in [5.41, 5.74) is 2.44. The summed E-state index contributed by atoms with van der Waals surface area (Å²) >= 11 is 0. The zero-order valence-electron chi connectivity index (χ0n) is 21.3. The van der Waals surface area contributed by atoms with Gasteiger partial charge in [-0.15, -0.1) is 5.10 Å². The first kappa shape index (κ1) is 31.2. The molecule has 0 saturated heterocycles. The van der Waals surface area contributed by atoms with Crippen molar-refractivity contribution in [1.29, 1.82) is 0 Å². The van der Waals surface area contributed by atoms with Crippen LogP contribution < -0.4 is 34.7 Å². The van der Waals surface area contributed by atoms with E-state index in [0.717, 1.165) is 0 Å². The molecule has 0 spiro atoms. The van der Waals surface area contributed by atoms with Crippen LogP contribution in [0.2, 0.25) is 0 Å². The summed E-state index contributed by atoms with van der Waals surface area (Å²) in [6, 6.07) is 11.6. The number of aromatic nitrogens is 4. The molecule has 0 bridgehead atoms. The van der Waals surface area contributed by atoms with E-state index >= 15 is 0 Å². The Kier molecular flexibility index (Phi) is 12.1. The quantitative estimate of drug-likeness (QED) is 0.260. The van der Waals surface area contributed by atoms with E-state index in [-0.39, 0.29) is 42.0 Å². The van der Waals surface area contributed by atoms with Crippen molar-refractivity contribution < 1.29 is 58.5 Å². The van der Waals surface area contributed by atoms with Crippen molar-refractivity contribution in [3.05, 3.63) is 101 Å². The molecule has 3 rings (SSSR count). The Morgan fingerprint density at radius 1 is 1.00 bits per heavy atom. The topological polar surface area (TPSA) is 124 Å². The number of halogens is 2. The number of carbonyl (C=O) groups is 1. The molecule has 8 nitrogen and oxygen atoms in total. The molecule has 0 unspecified atom stereocenters. The number of aliphatic carboxylic acids is 1. The predicted molar refractivity (Wildman–Crippen MR) is 131 cm³/mol. The summed E-state index contributed by atoms with van der Waals surface area (Å²) in [4.78, 5) is 10.6. The molecule has 194 valence electrons. The zero-order chi connectivity index (χ0) is 26.9. The van der Waals surface area contributed by atoms with Gasteiger partial charge < -0.3 is 20.1 Å². The van der Waals surface area contributed by atoms with Crippen LogP contribution in [-0.4, -0.2) is 48.6 Å². The first-order valence-electron chi connectivity index (χ1n) is 11.6. The van der Waals surface area contributed by atoms with Gasteiger partial charge in [0.2, 0.25) is 0 Å². The Labute approximate surface area is 241 Å². The van der Waals surface area contributed by atoms with Gasteiger partial charge in [0.05, 0.1) is 18.2 Å². The monoisotopic (exact) mass is 532 g/mol. The smallest absolute Gasteiger partial charge is 0.550 e. The van der Waals surface area contributed by atoms with E-state index in [2.05, 4.69) is 15.5 Å². The molecule has 2 atom stereocenters. The summed E-state index contributed by atoms with van der Waals surface area (Å²) in [5, 5.41) is 42.5. The van der Waals surface area contributed by atoms with Crippen LogP contribution in [-0.2, 0) is 4.79 Å². The van der Waals surface area contributed by atoms with E-state index < -0.39 is 36.2 Å². The summed E-state index contributed by atoms with van der Waals surface area (Å²) in [6.45, 7) is 3.82. The number of allylic oxidation sites excluding steroid dienone is 4. The van der Waals surface area contributed by atoms with Crippen LogP contribution in [0.25, 0.3) is 11.1 Å². The maximum Gasteiger partial charge on any atom is 1.00 e. The maximum atomic E-state index is 13.7. The van der Waals surface area contributed by atoms with Gasteiger partial charge in [-0.2, -0.15) is 0 Å². The normalized spacial score (nSPS) is 13.0. The molecule has 2 N–H and O–H groups in total. The summed E-state index contributed by atoms with van der Waals surface area (Å²) in [7, 11) is 0. The van der Waals surface area contributed by atoms with Gasteiger partial charge in [-0.05, 0) is 65.2 Å². The van der Waals surface area contributed by atoms with Gasteiger partial charge in [0.1, 0.15) is 11.6 Å². The van der Waals surface area contributed by atoms with Gasteiger partial charge in [0, 0.05) is 24.4 Å². The number of rotatable bonds is 11. The molecule has 0 radical (unpaired) electrons. The molecule has 11 heteroatoms. The second kappa shape index (κ2) is 14.8. The van der Waals surface area contributed by atoms with E-state index in [1.54, 1.807) is 41.1 Å². The third kappa shape index (κ3) is 8.78.